The molecule has 5 nitrogen and oxygen atoms in total. The van der Waals surface area contributed by atoms with Crippen LogP contribution >= 0.6 is 0 Å². The largest absolute Gasteiger partial charge is 0.462 e. The van der Waals surface area contributed by atoms with Gasteiger partial charge >= 0.3 is 5.97 Å². The van der Waals surface area contributed by atoms with E-state index < -0.39 is 22.0 Å². The number of sulfonamides is 1. The molecule has 1 fully saturated rings. The Labute approximate surface area is 93.5 Å². The summed E-state index contributed by atoms with van der Waals surface area (Å²) in [6.07, 6.45) is 0. The van der Waals surface area contributed by atoms with Crippen LogP contribution in [0.3, 0.4) is 0 Å². The molecule has 0 aromatic heterocycles. The average Bonchev–Trinajstić information content (AvgIpc) is 2.25. The normalized spacial score (nSPS) is 20.1. The molecule has 1 aliphatic rings. The van der Waals surface area contributed by atoms with E-state index in [1.165, 1.54) is 12.1 Å². The lowest BCUT2D eigenvalue weighted by Gasteiger charge is -2.24. The van der Waals surface area contributed by atoms with Crippen LogP contribution in [0.4, 0.5) is 0 Å². The minimum atomic E-state index is -3.62. The van der Waals surface area contributed by atoms with E-state index in [1.54, 1.807) is 12.1 Å². The minimum Gasteiger partial charge on any atom is -0.462 e. The predicted molar refractivity (Wildman–Crippen MR) is 56.2 cm³/mol. The molecule has 16 heavy (non-hydrogen) atoms. The zero-order chi connectivity index (χ0) is 11.8. The highest BCUT2D eigenvalue weighted by Gasteiger charge is 2.34. The van der Waals surface area contributed by atoms with Crippen molar-refractivity contribution in [1.29, 1.82) is 0 Å². The second-order valence-electron chi connectivity index (χ2n) is 3.62. The zero-order valence-electron chi connectivity index (χ0n) is 8.64. The Balaban J connectivity index is 2.18. The van der Waals surface area contributed by atoms with E-state index in [4.69, 9.17) is 0 Å². The lowest BCUT2D eigenvalue weighted by molar-refractivity contribution is -0.161. The molecule has 6 heteroatoms. The van der Waals surface area contributed by atoms with Gasteiger partial charge < -0.3 is 4.74 Å². The smallest absolute Gasteiger partial charge is 0.327 e. The quantitative estimate of drug-likeness (QED) is 0.767. The first-order valence-electron chi connectivity index (χ1n) is 4.75. The van der Waals surface area contributed by atoms with Crippen LogP contribution in [0.5, 0.6) is 0 Å². The van der Waals surface area contributed by atoms with Gasteiger partial charge in [0, 0.05) is 0 Å². The molecular formula is C10H11NO4S. The molecule has 0 spiro atoms. The van der Waals surface area contributed by atoms with E-state index in [-0.39, 0.29) is 11.5 Å². The Hall–Kier alpha value is -1.40. The number of hydrogen-bond acceptors (Lipinski definition) is 4. The van der Waals surface area contributed by atoms with Crippen molar-refractivity contribution in [2.24, 2.45) is 0 Å². The predicted octanol–water partition coefficient (Wildman–Crippen LogP) is 0.199. The first-order chi connectivity index (χ1) is 7.49. The highest BCUT2D eigenvalue weighted by molar-refractivity contribution is 7.89. The van der Waals surface area contributed by atoms with Crippen molar-refractivity contribution in [1.82, 2.24) is 4.72 Å². The van der Waals surface area contributed by atoms with Crippen LogP contribution in [0.2, 0.25) is 0 Å². The number of ether oxygens (including phenoxy) is 1. The van der Waals surface area contributed by atoms with E-state index in [2.05, 4.69) is 9.46 Å². The molecule has 0 amide bonds. The van der Waals surface area contributed by atoms with Crippen molar-refractivity contribution in [2.75, 3.05) is 6.61 Å². The third-order valence-electron chi connectivity index (χ3n) is 2.31. The van der Waals surface area contributed by atoms with Gasteiger partial charge in [-0.05, 0) is 19.1 Å². The number of carbonyl (C=O) groups excluding carboxylic acids is 1. The molecule has 1 N–H and O–H groups in total. The molecular weight excluding hydrogens is 230 g/mol. The number of nitrogens with one attached hydrogen (secondary N) is 1. The number of aryl methyl sites for hydroxylation is 1. The third-order valence-corrected chi connectivity index (χ3v) is 3.79. The van der Waals surface area contributed by atoms with Crippen LogP contribution in [0, 0.1) is 6.92 Å². The van der Waals surface area contributed by atoms with Gasteiger partial charge in [-0.3, -0.25) is 4.79 Å². The van der Waals surface area contributed by atoms with Gasteiger partial charge in [0.1, 0.15) is 6.61 Å². The van der Waals surface area contributed by atoms with E-state index in [1.807, 2.05) is 6.92 Å². The molecule has 1 heterocycles. The molecule has 1 unspecified atom stereocenters. The van der Waals surface area contributed by atoms with Gasteiger partial charge in [0.2, 0.25) is 10.0 Å². The van der Waals surface area contributed by atoms with Crippen molar-refractivity contribution in [2.45, 2.75) is 17.9 Å². The maximum Gasteiger partial charge on any atom is 0.327 e. The van der Waals surface area contributed by atoms with E-state index in [0.29, 0.717) is 0 Å². The molecule has 2 rings (SSSR count). The van der Waals surface area contributed by atoms with Crippen molar-refractivity contribution < 1.29 is 17.9 Å². The highest BCUT2D eigenvalue weighted by Crippen LogP contribution is 2.13. The topological polar surface area (TPSA) is 72.5 Å². The summed E-state index contributed by atoms with van der Waals surface area (Å²) in [5.74, 6) is -0.532. The summed E-state index contributed by atoms with van der Waals surface area (Å²) >= 11 is 0. The molecule has 0 bridgehead atoms. The van der Waals surface area contributed by atoms with Gasteiger partial charge in [-0.15, -0.1) is 0 Å². The van der Waals surface area contributed by atoms with Crippen LogP contribution in [0.15, 0.2) is 29.2 Å². The highest BCUT2D eigenvalue weighted by atomic mass is 32.2. The minimum absolute atomic E-state index is 0.101. The van der Waals surface area contributed by atoms with E-state index >= 15 is 0 Å². The Kier molecular flexibility index (Phi) is 2.69. The molecule has 1 saturated heterocycles. The first-order valence-corrected chi connectivity index (χ1v) is 6.23. The number of carbonyl (C=O) groups is 1. The fourth-order valence-electron chi connectivity index (χ4n) is 1.29. The van der Waals surface area contributed by atoms with Gasteiger partial charge in [0.25, 0.3) is 0 Å². The van der Waals surface area contributed by atoms with E-state index in [0.717, 1.165) is 5.56 Å². The van der Waals surface area contributed by atoms with Gasteiger partial charge in [-0.1, -0.05) is 17.7 Å². The third kappa shape index (κ3) is 2.07. The molecule has 1 atom stereocenters. The summed E-state index contributed by atoms with van der Waals surface area (Å²) in [6.45, 7) is 1.97. The van der Waals surface area contributed by atoms with Crippen molar-refractivity contribution in [3.8, 4) is 0 Å². The summed E-state index contributed by atoms with van der Waals surface area (Å²) in [5.41, 5.74) is 0.974. The van der Waals surface area contributed by atoms with E-state index in [9.17, 15) is 13.2 Å². The van der Waals surface area contributed by atoms with Crippen LogP contribution in [-0.4, -0.2) is 27.0 Å². The fourth-order valence-corrected chi connectivity index (χ4v) is 2.46. The maximum absolute atomic E-state index is 11.8. The Morgan fingerprint density at radius 2 is 1.94 bits per heavy atom. The Bertz CT molecular complexity index is 506. The number of rotatable bonds is 3. The van der Waals surface area contributed by atoms with Crippen LogP contribution < -0.4 is 4.72 Å². The second-order valence-corrected chi connectivity index (χ2v) is 5.33. The van der Waals surface area contributed by atoms with Crippen LogP contribution in [0.25, 0.3) is 0 Å². The molecule has 1 aliphatic heterocycles. The molecule has 1 aromatic rings. The van der Waals surface area contributed by atoms with Gasteiger partial charge in [0.05, 0.1) is 4.90 Å². The SMILES string of the molecule is Cc1ccc(S(=O)(=O)NC2COC2=O)cc1. The molecule has 86 valence electrons. The summed E-state index contributed by atoms with van der Waals surface area (Å²) in [5, 5.41) is 0. The molecule has 0 saturated carbocycles. The molecule has 0 aliphatic carbocycles. The number of hydrogen-bond donors (Lipinski definition) is 1. The van der Waals surface area contributed by atoms with Crippen molar-refractivity contribution >= 4 is 16.0 Å². The van der Waals surface area contributed by atoms with Gasteiger partial charge in [0.15, 0.2) is 6.04 Å². The standard InChI is InChI=1S/C10H11NO4S/c1-7-2-4-8(5-3-7)16(13,14)11-9-6-15-10(9)12/h2-5,9,11H,6H2,1H3. The molecule has 1 aromatic carbocycles. The lowest BCUT2D eigenvalue weighted by Crippen LogP contribution is -2.52. The Morgan fingerprint density at radius 3 is 2.38 bits per heavy atom. The summed E-state index contributed by atoms with van der Waals surface area (Å²) in [6, 6.07) is 5.66. The molecule has 0 radical (unpaired) electrons. The monoisotopic (exact) mass is 241 g/mol. The second kappa shape index (κ2) is 3.88. The van der Waals surface area contributed by atoms with Crippen molar-refractivity contribution in [3.05, 3.63) is 29.8 Å². The number of cyclic esters (lactones) is 1. The summed E-state index contributed by atoms with van der Waals surface area (Å²) in [7, 11) is -3.62. The summed E-state index contributed by atoms with van der Waals surface area (Å²) < 4.78 is 30.3. The average molecular weight is 241 g/mol. The first kappa shape index (κ1) is 11.1. The number of benzene rings is 1. The van der Waals surface area contributed by atoms with Crippen molar-refractivity contribution in [3.63, 3.8) is 0 Å². The Morgan fingerprint density at radius 1 is 1.31 bits per heavy atom. The number of esters is 1. The summed E-state index contributed by atoms with van der Waals surface area (Å²) in [4.78, 5) is 11.0. The van der Waals surface area contributed by atoms with Crippen LogP contribution in [0.1, 0.15) is 5.56 Å². The maximum atomic E-state index is 11.8. The zero-order valence-corrected chi connectivity index (χ0v) is 9.45. The van der Waals surface area contributed by atoms with Gasteiger partial charge in [-0.25, -0.2) is 8.42 Å². The van der Waals surface area contributed by atoms with Gasteiger partial charge in [-0.2, -0.15) is 4.72 Å². The van der Waals surface area contributed by atoms with Crippen LogP contribution in [-0.2, 0) is 19.6 Å². The fraction of sp³-hybridized carbons (Fsp3) is 0.300. The lowest BCUT2D eigenvalue weighted by atomic mass is 10.2.